The van der Waals surface area contributed by atoms with Crippen molar-refractivity contribution in [2.24, 2.45) is 5.41 Å². The minimum Gasteiger partial charge on any atom is -0.413 e. The Labute approximate surface area is 148 Å². The van der Waals surface area contributed by atoms with Gasteiger partial charge in [-0.05, 0) is 56.3 Å². The Bertz CT molecular complexity index is 568. The van der Waals surface area contributed by atoms with Gasteiger partial charge in [0.05, 0.1) is 6.10 Å². The summed E-state index contributed by atoms with van der Waals surface area (Å²) in [5.74, 6) is 0.423. The van der Waals surface area contributed by atoms with Gasteiger partial charge in [-0.2, -0.15) is 0 Å². The van der Waals surface area contributed by atoms with E-state index in [-0.39, 0.29) is 28.1 Å². The molecule has 1 saturated carbocycles. The van der Waals surface area contributed by atoms with Crippen LogP contribution in [0.1, 0.15) is 73.1 Å². The van der Waals surface area contributed by atoms with Crippen LogP contribution in [0.5, 0.6) is 0 Å². The van der Waals surface area contributed by atoms with Gasteiger partial charge in [-0.3, -0.25) is 4.79 Å². The molecule has 2 atom stereocenters. The van der Waals surface area contributed by atoms with Crippen molar-refractivity contribution < 1.29 is 14.0 Å². The van der Waals surface area contributed by atoms with Crippen LogP contribution in [0.4, 0.5) is 0 Å². The summed E-state index contributed by atoms with van der Waals surface area (Å²) in [7, 11) is -1.83. The lowest BCUT2D eigenvalue weighted by molar-refractivity contribution is -0.117. The molecule has 0 radical (unpaired) electrons. The van der Waals surface area contributed by atoms with Crippen molar-refractivity contribution in [1.29, 1.82) is 0 Å². The van der Waals surface area contributed by atoms with Crippen molar-refractivity contribution in [1.82, 2.24) is 0 Å². The molecule has 2 aliphatic carbocycles. The first-order chi connectivity index (χ1) is 10.9. The van der Waals surface area contributed by atoms with Gasteiger partial charge in [-0.25, -0.2) is 0 Å². The third-order valence-corrected chi connectivity index (χ3v) is 11.1. The second-order valence-electron chi connectivity index (χ2n) is 9.41. The Morgan fingerprint density at radius 1 is 1.29 bits per heavy atom. The molecule has 0 heterocycles. The summed E-state index contributed by atoms with van der Waals surface area (Å²) in [4.78, 5) is 23.8. The standard InChI is InChI=1S/C20H34O3Si/c1-14(21)8-9-15-16-10-11-18(20(16,5)13-12-17(15)22)23-24(6,7)19(2,3)4/h18H,8-13H2,1-7H3/t18-,20-/m0/s1. The Morgan fingerprint density at radius 3 is 2.46 bits per heavy atom. The second kappa shape index (κ2) is 6.53. The molecule has 0 aliphatic heterocycles. The summed E-state index contributed by atoms with van der Waals surface area (Å²) >= 11 is 0. The Morgan fingerprint density at radius 2 is 1.92 bits per heavy atom. The van der Waals surface area contributed by atoms with Gasteiger partial charge in [0.25, 0.3) is 0 Å². The number of Topliss-reactive ketones (excluding diaryl/α,β-unsaturated/α-hetero) is 2. The monoisotopic (exact) mass is 350 g/mol. The molecule has 1 fully saturated rings. The molecule has 0 aromatic heterocycles. The number of carbonyl (C=O) groups excluding carboxylic acids is 2. The lowest BCUT2D eigenvalue weighted by Crippen LogP contribution is -2.47. The number of fused-ring (bicyclic) bond motifs is 1. The Kier molecular flexibility index (Phi) is 5.32. The van der Waals surface area contributed by atoms with Gasteiger partial charge in [0.2, 0.25) is 0 Å². The SMILES string of the molecule is CC(=O)CCC1=C2CC[C@H](O[Si](C)(C)C(C)(C)C)[C@@]2(C)CCC1=O. The molecule has 0 amide bonds. The van der Waals surface area contributed by atoms with Crippen LogP contribution in [0.25, 0.3) is 0 Å². The minimum absolute atomic E-state index is 0.0183. The average Bonchev–Trinajstić information content (AvgIpc) is 2.74. The van der Waals surface area contributed by atoms with E-state index in [2.05, 4.69) is 40.8 Å². The first kappa shape index (κ1) is 19.6. The van der Waals surface area contributed by atoms with Gasteiger partial charge in [-0.15, -0.1) is 0 Å². The predicted molar refractivity (Wildman–Crippen MR) is 101 cm³/mol. The maximum atomic E-state index is 12.4. The van der Waals surface area contributed by atoms with Crippen LogP contribution < -0.4 is 0 Å². The lowest BCUT2D eigenvalue weighted by atomic mass is 9.70. The summed E-state index contributed by atoms with van der Waals surface area (Å²) in [6, 6.07) is 0. The van der Waals surface area contributed by atoms with Gasteiger partial charge < -0.3 is 9.22 Å². The van der Waals surface area contributed by atoms with Crippen molar-refractivity contribution >= 4 is 19.9 Å². The summed E-state index contributed by atoms with van der Waals surface area (Å²) in [5.41, 5.74) is 2.22. The van der Waals surface area contributed by atoms with E-state index < -0.39 is 8.32 Å². The molecule has 0 aromatic rings. The fraction of sp³-hybridized carbons (Fsp3) is 0.800. The fourth-order valence-electron chi connectivity index (χ4n) is 3.89. The van der Waals surface area contributed by atoms with Crippen LogP contribution in [0.2, 0.25) is 18.1 Å². The Hall–Kier alpha value is -0.743. The number of ketones is 2. The number of hydrogen-bond donors (Lipinski definition) is 0. The van der Waals surface area contributed by atoms with E-state index in [1.54, 1.807) is 6.92 Å². The van der Waals surface area contributed by atoms with Crippen molar-refractivity contribution in [3.8, 4) is 0 Å². The van der Waals surface area contributed by atoms with E-state index in [9.17, 15) is 9.59 Å². The van der Waals surface area contributed by atoms with Crippen molar-refractivity contribution in [3.05, 3.63) is 11.1 Å². The molecule has 0 saturated heterocycles. The zero-order valence-corrected chi connectivity index (χ0v) is 17.5. The average molecular weight is 351 g/mol. The first-order valence-corrected chi connectivity index (χ1v) is 12.2. The van der Waals surface area contributed by atoms with Crippen LogP contribution >= 0.6 is 0 Å². The molecule has 24 heavy (non-hydrogen) atoms. The molecule has 2 rings (SSSR count). The van der Waals surface area contributed by atoms with E-state index in [4.69, 9.17) is 4.43 Å². The predicted octanol–water partition coefficient (Wildman–Crippen LogP) is 5.21. The summed E-state index contributed by atoms with van der Waals surface area (Å²) < 4.78 is 6.77. The van der Waals surface area contributed by atoms with E-state index in [0.717, 1.165) is 24.8 Å². The van der Waals surface area contributed by atoms with Crippen LogP contribution in [0, 0.1) is 5.41 Å². The highest BCUT2D eigenvalue weighted by Gasteiger charge is 2.51. The van der Waals surface area contributed by atoms with Gasteiger partial charge in [0.1, 0.15) is 5.78 Å². The van der Waals surface area contributed by atoms with Crippen LogP contribution in [0.3, 0.4) is 0 Å². The molecule has 0 N–H and O–H groups in total. The molecule has 3 nitrogen and oxygen atoms in total. The molecule has 136 valence electrons. The number of carbonyl (C=O) groups is 2. The van der Waals surface area contributed by atoms with Gasteiger partial charge >= 0.3 is 0 Å². The zero-order chi connectivity index (χ0) is 18.3. The third-order valence-electron chi connectivity index (χ3n) is 6.60. The smallest absolute Gasteiger partial charge is 0.192 e. The van der Waals surface area contributed by atoms with Crippen LogP contribution in [-0.2, 0) is 14.0 Å². The van der Waals surface area contributed by atoms with E-state index in [1.807, 2.05) is 0 Å². The van der Waals surface area contributed by atoms with Crippen molar-refractivity contribution in [3.63, 3.8) is 0 Å². The molecule has 2 aliphatic rings. The molecule has 0 unspecified atom stereocenters. The summed E-state index contributed by atoms with van der Waals surface area (Å²) in [6.07, 6.45) is 4.77. The van der Waals surface area contributed by atoms with Crippen LogP contribution in [0.15, 0.2) is 11.1 Å². The maximum absolute atomic E-state index is 12.4. The highest BCUT2D eigenvalue weighted by Crippen LogP contribution is 2.54. The zero-order valence-electron chi connectivity index (χ0n) is 16.5. The number of rotatable bonds is 5. The fourth-order valence-corrected chi connectivity index (χ4v) is 5.33. The molecular weight excluding hydrogens is 316 g/mol. The number of allylic oxidation sites excluding steroid dienone is 1. The van der Waals surface area contributed by atoms with Gasteiger partial charge in [-0.1, -0.05) is 33.3 Å². The van der Waals surface area contributed by atoms with E-state index in [1.165, 1.54) is 5.57 Å². The van der Waals surface area contributed by atoms with Crippen LogP contribution in [-0.4, -0.2) is 26.0 Å². The summed E-state index contributed by atoms with van der Waals surface area (Å²) in [5, 5.41) is 0.192. The molecule has 0 bridgehead atoms. The minimum atomic E-state index is -1.83. The van der Waals surface area contributed by atoms with E-state index in [0.29, 0.717) is 19.3 Å². The van der Waals surface area contributed by atoms with Gasteiger partial charge in [0.15, 0.2) is 14.1 Å². The molecule has 4 heteroatoms. The molecular formula is C20H34O3Si. The highest BCUT2D eigenvalue weighted by atomic mass is 28.4. The Balaban J connectivity index is 2.29. The largest absolute Gasteiger partial charge is 0.413 e. The maximum Gasteiger partial charge on any atom is 0.192 e. The normalized spacial score (nSPS) is 28.3. The molecule has 0 aromatic carbocycles. The first-order valence-electron chi connectivity index (χ1n) is 9.31. The summed E-state index contributed by atoms with van der Waals surface area (Å²) in [6.45, 7) is 15.3. The number of hydrogen-bond acceptors (Lipinski definition) is 3. The van der Waals surface area contributed by atoms with E-state index >= 15 is 0 Å². The highest BCUT2D eigenvalue weighted by molar-refractivity contribution is 6.74. The quantitative estimate of drug-likeness (QED) is 0.640. The molecule has 0 spiro atoms. The second-order valence-corrected chi connectivity index (χ2v) is 14.2. The third kappa shape index (κ3) is 3.60. The van der Waals surface area contributed by atoms with Crippen molar-refractivity contribution in [2.75, 3.05) is 0 Å². The topological polar surface area (TPSA) is 43.4 Å². The van der Waals surface area contributed by atoms with Gasteiger partial charge in [0, 0.05) is 18.3 Å². The lowest BCUT2D eigenvalue weighted by Gasteiger charge is -2.44. The van der Waals surface area contributed by atoms with Crippen molar-refractivity contribution in [2.45, 2.75) is 97.4 Å².